The second-order valence-corrected chi connectivity index (χ2v) is 8.00. The molecule has 0 spiro atoms. The van der Waals surface area contributed by atoms with Gasteiger partial charge in [0.15, 0.2) is 0 Å². The number of carbonyl (C=O) groups excluding carboxylic acids is 1. The predicted molar refractivity (Wildman–Crippen MR) is 99.5 cm³/mol. The van der Waals surface area contributed by atoms with E-state index in [2.05, 4.69) is 26.1 Å². The van der Waals surface area contributed by atoms with Crippen molar-refractivity contribution in [1.29, 1.82) is 0 Å². The Morgan fingerprint density at radius 2 is 1.75 bits per heavy atom. The van der Waals surface area contributed by atoms with Gasteiger partial charge in [0, 0.05) is 23.2 Å². The molecule has 1 aromatic carbocycles. The van der Waals surface area contributed by atoms with Crippen LogP contribution in [0.4, 0.5) is 0 Å². The average molecular weight is 333 g/mol. The van der Waals surface area contributed by atoms with E-state index >= 15 is 0 Å². The van der Waals surface area contributed by atoms with Crippen LogP contribution in [0.25, 0.3) is 5.57 Å². The van der Waals surface area contributed by atoms with Crippen molar-refractivity contribution in [2.75, 3.05) is 14.2 Å². The van der Waals surface area contributed by atoms with Gasteiger partial charge in [0.05, 0.1) is 14.2 Å². The lowest BCUT2D eigenvalue weighted by Gasteiger charge is -2.33. The van der Waals surface area contributed by atoms with Gasteiger partial charge in [-0.2, -0.15) is 0 Å². The van der Waals surface area contributed by atoms with Gasteiger partial charge in [-0.25, -0.2) is 0 Å². The van der Waals surface area contributed by atoms with Crippen LogP contribution in [0.15, 0.2) is 24.3 Å². The van der Waals surface area contributed by atoms with Gasteiger partial charge >= 0.3 is 0 Å². The molecular weight excluding hydrogens is 302 g/mol. The summed E-state index contributed by atoms with van der Waals surface area (Å²) in [5.41, 5.74) is 1.60. The fourth-order valence-corrected chi connectivity index (χ4v) is 3.14. The summed E-state index contributed by atoms with van der Waals surface area (Å²) in [6.45, 7) is 12.5. The molecule has 0 unspecified atom stereocenters. The molecule has 0 aromatic heterocycles. The van der Waals surface area contributed by atoms with Crippen LogP contribution in [0.3, 0.4) is 0 Å². The number of benzene rings is 1. The molecule has 0 saturated carbocycles. The fraction of sp³-hybridized carbons (Fsp3) is 0.550. The van der Waals surface area contributed by atoms with E-state index in [0.717, 1.165) is 23.3 Å². The molecule has 1 N–H and O–H groups in total. The summed E-state index contributed by atoms with van der Waals surface area (Å²) in [5, 5.41) is 3.09. The molecule has 0 atom stereocenters. The average Bonchev–Trinajstić information content (AvgIpc) is 2.42. The maximum atomic E-state index is 12.4. The smallest absolute Gasteiger partial charge is 0.244 e. The lowest BCUT2D eigenvalue weighted by molar-refractivity contribution is -0.118. The zero-order valence-corrected chi connectivity index (χ0v) is 16.2. The summed E-state index contributed by atoms with van der Waals surface area (Å²) < 4.78 is 10.6. The molecule has 24 heavy (non-hydrogen) atoms. The number of allylic oxidation sites excluding steroid dienone is 1. The lowest BCUT2D eigenvalue weighted by atomic mass is 9.82. The molecule has 0 saturated heterocycles. The summed E-state index contributed by atoms with van der Waals surface area (Å²) in [7, 11) is 3.22. The molecular formula is C20H31NO3. The van der Waals surface area contributed by atoms with Gasteiger partial charge in [-0.1, -0.05) is 20.8 Å². The highest BCUT2D eigenvalue weighted by Crippen LogP contribution is 2.30. The maximum Gasteiger partial charge on any atom is 0.244 e. The first kappa shape index (κ1) is 20.1. The van der Waals surface area contributed by atoms with Crippen molar-refractivity contribution in [3.05, 3.63) is 29.8 Å². The highest BCUT2D eigenvalue weighted by atomic mass is 16.5. The van der Waals surface area contributed by atoms with Gasteiger partial charge < -0.3 is 14.8 Å². The standard InChI is InChI=1S/C20H31NO3/c1-14(16-10-9-15(23-7)12-17(16)24-8)11-18(22)21-20(5,6)13-19(2,3)4/h9-12H,13H2,1-8H3,(H,21,22)/b14-11+. The number of amides is 1. The number of ether oxygens (including phenoxy) is 2. The van der Waals surface area contributed by atoms with Crippen LogP contribution < -0.4 is 14.8 Å². The molecule has 0 aliphatic carbocycles. The van der Waals surface area contributed by atoms with E-state index in [1.165, 1.54) is 0 Å². The van der Waals surface area contributed by atoms with Crippen LogP contribution in [0.1, 0.15) is 53.5 Å². The van der Waals surface area contributed by atoms with Crippen LogP contribution in [0, 0.1) is 5.41 Å². The van der Waals surface area contributed by atoms with Crippen LogP contribution in [0.2, 0.25) is 0 Å². The third-order valence-electron chi connectivity index (χ3n) is 3.61. The fourth-order valence-electron chi connectivity index (χ4n) is 3.14. The van der Waals surface area contributed by atoms with Crippen molar-refractivity contribution in [2.45, 2.75) is 53.5 Å². The molecule has 0 fully saturated rings. The number of rotatable bonds is 6. The Morgan fingerprint density at radius 1 is 1.12 bits per heavy atom. The zero-order valence-electron chi connectivity index (χ0n) is 16.2. The first-order chi connectivity index (χ1) is 11.0. The van der Waals surface area contributed by atoms with Gasteiger partial charge in [0.1, 0.15) is 11.5 Å². The van der Waals surface area contributed by atoms with Gasteiger partial charge in [0.25, 0.3) is 0 Å². The third kappa shape index (κ3) is 6.26. The first-order valence-corrected chi connectivity index (χ1v) is 8.20. The number of carbonyl (C=O) groups is 1. The largest absolute Gasteiger partial charge is 0.497 e. The van der Waals surface area contributed by atoms with E-state index in [9.17, 15) is 4.79 Å². The highest BCUT2D eigenvalue weighted by Gasteiger charge is 2.26. The summed E-state index contributed by atoms with van der Waals surface area (Å²) in [6, 6.07) is 5.57. The van der Waals surface area contributed by atoms with Gasteiger partial charge in [-0.15, -0.1) is 0 Å². The predicted octanol–water partition coefficient (Wildman–Crippen LogP) is 4.44. The summed E-state index contributed by atoms with van der Waals surface area (Å²) in [5.74, 6) is 1.31. The van der Waals surface area contributed by atoms with E-state index in [1.54, 1.807) is 20.3 Å². The number of hydrogen-bond donors (Lipinski definition) is 1. The van der Waals surface area contributed by atoms with Crippen molar-refractivity contribution in [2.24, 2.45) is 5.41 Å². The van der Waals surface area contributed by atoms with E-state index in [-0.39, 0.29) is 16.9 Å². The number of hydrogen-bond acceptors (Lipinski definition) is 3. The molecule has 0 heterocycles. The number of nitrogens with one attached hydrogen (secondary N) is 1. The summed E-state index contributed by atoms with van der Waals surface area (Å²) in [6.07, 6.45) is 2.51. The Morgan fingerprint density at radius 3 is 2.25 bits per heavy atom. The monoisotopic (exact) mass is 333 g/mol. The first-order valence-electron chi connectivity index (χ1n) is 8.20. The van der Waals surface area contributed by atoms with Crippen LogP contribution >= 0.6 is 0 Å². The quantitative estimate of drug-likeness (QED) is 0.783. The highest BCUT2D eigenvalue weighted by molar-refractivity contribution is 5.95. The second-order valence-electron chi connectivity index (χ2n) is 8.00. The lowest BCUT2D eigenvalue weighted by Crippen LogP contribution is -2.45. The van der Waals surface area contributed by atoms with E-state index in [4.69, 9.17) is 9.47 Å². The molecule has 134 valence electrons. The maximum absolute atomic E-state index is 12.4. The minimum Gasteiger partial charge on any atom is -0.497 e. The van der Waals surface area contributed by atoms with Crippen LogP contribution in [-0.2, 0) is 4.79 Å². The third-order valence-corrected chi connectivity index (χ3v) is 3.61. The van der Waals surface area contributed by atoms with Crippen molar-refractivity contribution < 1.29 is 14.3 Å². The Bertz CT molecular complexity index is 610. The van der Waals surface area contributed by atoms with Crippen molar-refractivity contribution in [1.82, 2.24) is 5.32 Å². The van der Waals surface area contributed by atoms with Crippen LogP contribution in [-0.4, -0.2) is 25.7 Å². The van der Waals surface area contributed by atoms with E-state index < -0.39 is 0 Å². The Hall–Kier alpha value is -1.97. The minimum absolute atomic E-state index is 0.0976. The topological polar surface area (TPSA) is 47.6 Å². The van der Waals surface area contributed by atoms with E-state index in [1.807, 2.05) is 39.0 Å². The van der Waals surface area contributed by atoms with Crippen molar-refractivity contribution >= 4 is 11.5 Å². The second kappa shape index (κ2) is 7.73. The molecule has 0 bridgehead atoms. The minimum atomic E-state index is -0.268. The molecule has 1 amide bonds. The molecule has 4 heteroatoms. The Kier molecular flexibility index (Phi) is 6.47. The summed E-state index contributed by atoms with van der Waals surface area (Å²) in [4.78, 5) is 12.4. The molecule has 0 radical (unpaired) electrons. The Labute approximate surface area is 146 Å². The normalized spacial score (nSPS) is 12.8. The number of methoxy groups -OCH3 is 2. The van der Waals surface area contributed by atoms with Gasteiger partial charge in [-0.3, -0.25) is 4.79 Å². The molecule has 0 aliphatic heterocycles. The van der Waals surface area contributed by atoms with Gasteiger partial charge in [-0.05, 0) is 50.3 Å². The zero-order chi connectivity index (χ0) is 18.5. The molecule has 0 aliphatic rings. The van der Waals surface area contributed by atoms with Crippen LogP contribution in [0.5, 0.6) is 11.5 Å². The summed E-state index contributed by atoms with van der Waals surface area (Å²) >= 11 is 0. The molecule has 1 aromatic rings. The SMILES string of the molecule is COc1ccc(/C(C)=C/C(=O)NC(C)(C)CC(C)(C)C)c(OC)c1. The molecule has 4 nitrogen and oxygen atoms in total. The van der Waals surface area contributed by atoms with E-state index in [0.29, 0.717) is 5.75 Å². The molecule has 1 rings (SSSR count). The Balaban J connectivity index is 2.94. The van der Waals surface area contributed by atoms with Gasteiger partial charge in [0.2, 0.25) is 5.91 Å². The van der Waals surface area contributed by atoms with Crippen molar-refractivity contribution in [3.63, 3.8) is 0 Å². The van der Waals surface area contributed by atoms with Crippen molar-refractivity contribution in [3.8, 4) is 11.5 Å².